The molecule has 0 radical (unpaired) electrons. The largest absolute Gasteiger partial charge is 0.497 e. The number of amides is 2. The molecule has 1 saturated heterocycles. The molecule has 2 heterocycles. The smallest absolute Gasteiger partial charge is 0.409 e. The van der Waals surface area contributed by atoms with Crippen LogP contribution in [0.3, 0.4) is 0 Å². The molecule has 29 heavy (non-hydrogen) atoms. The number of aromatic nitrogens is 2. The van der Waals surface area contributed by atoms with Crippen LogP contribution in [0.15, 0.2) is 36.7 Å². The van der Waals surface area contributed by atoms with Gasteiger partial charge in [0, 0.05) is 32.7 Å². The molecule has 0 atom stereocenters. The van der Waals surface area contributed by atoms with Crippen LogP contribution in [0.5, 0.6) is 5.75 Å². The van der Waals surface area contributed by atoms with E-state index in [2.05, 4.69) is 15.3 Å². The highest BCUT2D eigenvalue weighted by Gasteiger charge is 2.26. The van der Waals surface area contributed by atoms with Gasteiger partial charge in [-0.15, -0.1) is 0 Å². The van der Waals surface area contributed by atoms with Gasteiger partial charge in [-0.3, -0.25) is 4.79 Å². The van der Waals surface area contributed by atoms with Crippen molar-refractivity contribution >= 4 is 17.8 Å². The summed E-state index contributed by atoms with van der Waals surface area (Å²) in [7, 11) is 1.63. The molecule has 3 rings (SSSR count). The van der Waals surface area contributed by atoms with Gasteiger partial charge in [-0.05, 0) is 24.6 Å². The Morgan fingerprint density at radius 3 is 2.31 bits per heavy atom. The highest BCUT2D eigenvalue weighted by atomic mass is 16.6. The molecule has 9 nitrogen and oxygen atoms in total. The summed E-state index contributed by atoms with van der Waals surface area (Å²) in [6, 6.07) is 7.72. The van der Waals surface area contributed by atoms with E-state index in [-0.39, 0.29) is 17.7 Å². The van der Waals surface area contributed by atoms with Gasteiger partial charge in [-0.2, -0.15) is 0 Å². The Bertz CT molecular complexity index is 818. The third-order valence-electron chi connectivity index (χ3n) is 4.60. The van der Waals surface area contributed by atoms with Crippen LogP contribution in [0.25, 0.3) is 0 Å². The molecule has 1 aliphatic heterocycles. The van der Waals surface area contributed by atoms with Crippen LogP contribution < -0.4 is 10.1 Å². The van der Waals surface area contributed by atoms with Crippen molar-refractivity contribution in [2.45, 2.75) is 13.5 Å². The van der Waals surface area contributed by atoms with Crippen molar-refractivity contribution in [3.63, 3.8) is 0 Å². The van der Waals surface area contributed by atoms with Gasteiger partial charge in [-0.25, -0.2) is 14.8 Å². The number of carbonyl (C=O) groups is 2. The number of nitrogens with one attached hydrogen (secondary N) is 1. The van der Waals surface area contributed by atoms with Crippen LogP contribution in [0.1, 0.15) is 23.0 Å². The van der Waals surface area contributed by atoms with Gasteiger partial charge in [0.1, 0.15) is 17.3 Å². The predicted molar refractivity (Wildman–Crippen MR) is 107 cm³/mol. The number of methoxy groups -OCH3 is 1. The fraction of sp³-hybridized carbons (Fsp3) is 0.400. The number of carbonyl (C=O) groups excluding carboxylic acids is 2. The number of rotatable bonds is 6. The van der Waals surface area contributed by atoms with Gasteiger partial charge in [0.15, 0.2) is 0 Å². The lowest BCUT2D eigenvalue weighted by molar-refractivity contribution is 0.0565. The van der Waals surface area contributed by atoms with Gasteiger partial charge in [0.05, 0.1) is 26.1 Å². The van der Waals surface area contributed by atoms with Crippen molar-refractivity contribution in [1.29, 1.82) is 0 Å². The lowest BCUT2D eigenvalue weighted by Crippen LogP contribution is -2.50. The van der Waals surface area contributed by atoms with Crippen molar-refractivity contribution in [2.24, 2.45) is 0 Å². The average Bonchev–Trinajstić information content (AvgIpc) is 2.78. The summed E-state index contributed by atoms with van der Waals surface area (Å²) < 4.78 is 10.1. The number of benzene rings is 1. The van der Waals surface area contributed by atoms with Gasteiger partial charge < -0.3 is 24.6 Å². The normalized spacial score (nSPS) is 13.7. The minimum Gasteiger partial charge on any atom is -0.497 e. The first-order valence-electron chi connectivity index (χ1n) is 9.50. The number of anilines is 1. The fourth-order valence-electron chi connectivity index (χ4n) is 2.93. The number of hydrogen-bond donors (Lipinski definition) is 1. The summed E-state index contributed by atoms with van der Waals surface area (Å²) in [6.07, 6.45) is 2.67. The van der Waals surface area contributed by atoms with E-state index in [1.54, 1.807) is 30.0 Å². The molecule has 0 saturated carbocycles. The molecular weight excluding hydrogens is 374 g/mol. The molecule has 154 valence electrons. The molecule has 0 bridgehead atoms. The molecule has 9 heteroatoms. The lowest BCUT2D eigenvalue weighted by atomic mass is 10.2. The quantitative estimate of drug-likeness (QED) is 0.794. The van der Waals surface area contributed by atoms with Crippen LogP contribution in [-0.4, -0.2) is 71.7 Å². The van der Waals surface area contributed by atoms with Gasteiger partial charge in [0.25, 0.3) is 5.91 Å². The van der Waals surface area contributed by atoms with E-state index in [9.17, 15) is 9.59 Å². The van der Waals surface area contributed by atoms with E-state index in [1.807, 2.05) is 24.3 Å². The Kier molecular flexibility index (Phi) is 6.83. The molecule has 1 fully saturated rings. The standard InChI is InChI=1S/C20H25N5O4/c1-3-29-20(27)25-10-8-24(9-11-25)19(26)17-13-23-18(14-21-17)22-12-15-4-6-16(28-2)7-5-15/h4-7,13-14H,3,8-12H2,1-2H3,(H,22,23). The van der Waals surface area contributed by atoms with Gasteiger partial charge in [0.2, 0.25) is 0 Å². The molecular formula is C20H25N5O4. The second-order valence-corrected chi connectivity index (χ2v) is 6.47. The maximum absolute atomic E-state index is 12.6. The number of nitrogens with zero attached hydrogens (tertiary/aromatic N) is 4. The Hall–Kier alpha value is -3.36. The summed E-state index contributed by atoms with van der Waals surface area (Å²) in [6.45, 7) is 4.46. The van der Waals surface area contributed by atoms with Gasteiger partial charge >= 0.3 is 6.09 Å². The van der Waals surface area contributed by atoms with Crippen molar-refractivity contribution in [2.75, 3.05) is 45.2 Å². The summed E-state index contributed by atoms with van der Waals surface area (Å²) in [4.78, 5) is 36.1. The van der Waals surface area contributed by atoms with E-state index < -0.39 is 0 Å². The molecule has 1 aromatic heterocycles. The van der Waals surface area contributed by atoms with Crippen molar-refractivity contribution < 1.29 is 19.1 Å². The van der Waals surface area contributed by atoms with Crippen LogP contribution >= 0.6 is 0 Å². The first kappa shape index (κ1) is 20.4. The first-order chi connectivity index (χ1) is 14.1. The maximum Gasteiger partial charge on any atom is 0.409 e. The summed E-state index contributed by atoms with van der Waals surface area (Å²) in [5, 5.41) is 3.18. The minimum absolute atomic E-state index is 0.192. The summed E-state index contributed by atoms with van der Waals surface area (Å²) in [5.41, 5.74) is 1.36. The number of hydrogen-bond acceptors (Lipinski definition) is 7. The Balaban J connectivity index is 1.50. The average molecular weight is 399 g/mol. The predicted octanol–water partition coefficient (Wildman–Crippen LogP) is 2.01. The van der Waals surface area contributed by atoms with E-state index >= 15 is 0 Å². The Morgan fingerprint density at radius 2 is 1.72 bits per heavy atom. The van der Waals surface area contributed by atoms with E-state index in [1.165, 1.54) is 6.20 Å². The SMILES string of the molecule is CCOC(=O)N1CCN(C(=O)c2cnc(NCc3ccc(OC)cc3)cn2)CC1. The zero-order valence-corrected chi connectivity index (χ0v) is 16.6. The van der Waals surface area contributed by atoms with E-state index in [0.717, 1.165) is 11.3 Å². The minimum atomic E-state index is -0.341. The lowest BCUT2D eigenvalue weighted by Gasteiger charge is -2.33. The molecule has 0 unspecified atom stereocenters. The zero-order chi connectivity index (χ0) is 20.6. The Labute approximate surface area is 169 Å². The van der Waals surface area contributed by atoms with Crippen LogP contribution in [0.4, 0.5) is 10.6 Å². The number of ether oxygens (including phenoxy) is 2. The molecule has 1 N–H and O–H groups in total. The second-order valence-electron chi connectivity index (χ2n) is 6.47. The van der Waals surface area contributed by atoms with Crippen molar-refractivity contribution in [3.8, 4) is 5.75 Å². The van der Waals surface area contributed by atoms with Gasteiger partial charge in [-0.1, -0.05) is 12.1 Å². The zero-order valence-electron chi connectivity index (χ0n) is 16.6. The van der Waals surface area contributed by atoms with E-state index in [4.69, 9.17) is 9.47 Å². The summed E-state index contributed by atoms with van der Waals surface area (Å²) in [5.74, 6) is 1.20. The van der Waals surface area contributed by atoms with E-state index in [0.29, 0.717) is 45.1 Å². The molecule has 0 spiro atoms. The molecule has 2 amide bonds. The highest BCUT2D eigenvalue weighted by Crippen LogP contribution is 2.13. The van der Waals surface area contributed by atoms with Crippen LogP contribution in [0.2, 0.25) is 0 Å². The molecule has 1 aliphatic rings. The van der Waals surface area contributed by atoms with Crippen LogP contribution in [-0.2, 0) is 11.3 Å². The monoisotopic (exact) mass is 399 g/mol. The molecule has 1 aromatic carbocycles. The number of piperazine rings is 1. The Morgan fingerprint density at radius 1 is 1.03 bits per heavy atom. The first-order valence-corrected chi connectivity index (χ1v) is 9.50. The highest BCUT2D eigenvalue weighted by molar-refractivity contribution is 5.92. The molecule has 2 aromatic rings. The second kappa shape index (κ2) is 9.72. The fourth-order valence-corrected chi connectivity index (χ4v) is 2.93. The molecule has 0 aliphatic carbocycles. The third kappa shape index (κ3) is 5.34. The maximum atomic E-state index is 12.6. The third-order valence-corrected chi connectivity index (χ3v) is 4.60. The summed E-state index contributed by atoms with van der Waals surface area (Å²) >= 11 is 0. The topological polar surface area (TPSA) is 96.9 Å². The van der Waals surface area contributed by atoms with Crippen molar-refractivity contribution in [3.05, 3.63) is 47.9 Å². The van der Waals surface area contributed by atoms with Crippen LogP contribution in [0, 0.1) is 0 Å². The van der Waals surface area contributed by atoms with Crippen molar-refractivity contribution in [1.82, 2.24) is 19.8 Å².